The SMILES string of the molecule is Cn1cc(CN2C[C@@H]3OCCN(C[C@H]4CCCO4)[C@@H]3C2)cn1. The summed E-state index contributed by atoms with van der Waals surface area (Å²) in [6, 6.07) is 0.523. The molecular formula is C16H26N4O2. The summed E-state index contributed by atoms with van der Waals surface area (Å²) < 4.78 is 13.7. The topological polar surface area (TPSA) is 42.8 Å². The summed E-state index contributed by atoms with van der Waals surface area (Å²) in [5.41, 5.74) is 1.28. The third-order valence-electron chi connectivity index (χ3n) is 5.12. The zero-order valence-electron chi connectivity index (χ0n) is 13.4. The van der Waals surface area contributed by atoms with Gasteiger partial charge in [0.15, 0.2) is 0 Å². The summed E-state index contributed by atoms with van der Waals surface area (Å²) in [6.45, 7) is 7.00. The van der Waals surface area contributed by atoms with Gasteiger partial charge in [-0.05, 0) is 12.8 Å². The maximum Gasteiger partial charge on any atom is 0.0870 e. The number of likely N-dealkylation sites (tertiary alicyclic amines) is 1. The smallest absolute Gasteiger partial charge is 0.0870 e. The van der Waals surface area contributed by atoms with E-state index in [9.17, 15) is 0 Å². The molecule has 22 heavy (non-hydrogen) atoms. The van der Waals surface area contributed by atoms with Gasteiger partial charge in [0.2, 0.25) is 0 Å². The number of aromatic nitrogens is 2. The second-order valence-electron chi connectivity index (χ2n) is 6.82. The highest BCUT2D eigenvalue weighted by molar-refractivity contribution is 5.05. The number of hydrogen-bond acceptors (Lipinski definition) is 5. The summed E-state index contributed by atoms with van der Waals surface area (Å²) in [7, 11) is 1.97. The van der Waals surface area contributed by atoms with Crippen LogP contribution in [-0.4, -0.2) is 77.2 Å². The van der Waals surface area contributed by atoms with Crippen molar-refractivity contribution in [3.8, 4) is 0 Å². The Hall–Kier alpha value is -0.950. The van der Waals surface area contributed by atoms with Crippen LogP contribution in [0.4, 0.5) is 0 Å². The van der Waals surface area contributed by atoms with Gasteiger partial charge in [-0.1, -0.05) is 0 Å². The Balaban J connectivity index is 1.37. The number of ether oxygens (including phenoxy) is 2. The largest absolute Gasteiger partial charge is 0.377 e. The highest BCUT2D eigenvalue weighted by Crippen LogP contribution is 2.26. The number of rotatable bonds is 4. The van der Waals surface area contributed by atoms with Crippen LogP contribution in [-0.2, 0) is 23.1 Å². The summed E-state index contributed by atoms with van der Waals surface area (Å²) >= 11 is 0. The molecule has 6 heteroatoms. The van der Waals surface area contributed by atoms with Crippen molar-refractivity contribution in [2.75, 3.05) is 39.4 Å². The number of nitrogens with zero attached hydrogens (tertiary/aromatic N) is 4. The summed E-state index contributed by atoms with van der Waals surface area (Å²) in [5, 5.41) is 4.26. The van der Waals surface area contributed by atoms with Crippen LogP contribution in [0, 0.1) is 0 Å². The van der Waals surface area contributed by atoms with Crippen LogP contribution >= 0.6 is 0 Å². The van der Waals surface area contributed by atoms with Crippen molar-refractivity contribution in [3.05, 3.63) is 18.0 Å². The van der Waals surface area contributed by atoms with E-state index >= 15 is 0 Å². The standard InChI is InChI=1S/C16H26N4O2/c1-18-8-13(7-17-18)9-19-11-15-16(12-19)22-6-4-20(15)10-14-3-2-5-21-14/h7-8,14-16H,2-6,9-12H2,1H3/t14-,15-,16+/m1/s1. The van der Waals surface area contributed by atoms with Gasteiger partial charge in [0.1, 0.15) is 0 Å². The summed E-state index contributed by atoms with van der Waals surface area (Å²) in [4.78, 5) is 5.10. The van der Waals surface area contributed by atoms with Crippen molar-refractivity contribution in [1.82, 2.24) is 19.6 Å². The molecule has 122 valence electrons. The quantitative estimate of drug-likeness (QED) is 0.810. The molecule has 0 bridgehead atoms. The van der Waals surface area contributed by atoms with E-state index in [-0.39, 0.29) is 0 Å². The molecule has 3 aliphatic heterocycles. The molecule has 4 heterocycles. The van der Waals surface area contributed by atoms with Crippen LogP contribution < -0.4 is 0 Å². The molecule has 0 aromatic carbocycles. The minimum absolute atomic E-state index is 0.354. The lowest BCUT2D eigenvalue weighted by molar-refractivity contribution is -0.0615. The van der Waals surface area contributed by atoms with Crippen molar-refractivity contribution in [1.29, 1.82) is 0 Å². The third-order valence-corrected chi connectivity index (χ3v) is 5.12. The second-order valence-corrected chi connectivity index (χ2v) is 6.82. The van der Waals surface area contributed by atoms with Gasteiger partial charge in [-0.15, -0.1) is 0 Å². The summed E-state index contributed by atoms with van der Waals surface area (Å²) in [6.07, 6.45) is 7.29. The van der Waals surface area contributed by atoms with Crippen LogP contribution in [0.3, 0.4) is 0 Å². The first-order chi connectivity index (χ1) is 10.8. The highest BCUT2D eigenvalue weighted by Gasteiger charge is 2.40. The number of hydrogen-bond donors (Lipinski definition) is 0. The first-order valence-corrected chi connectivity index (χ1v) is 8.45. The zero-order valence-corrected chi connectivity index (χ0v) is 13.4. The number of fused-ring (bicyclic) bond motifs is 1. The Morgan fingerprint density at radius 3 is 3.00 bits per heavy atom. The third kappa shape index (κ3) is 3.06. The molecule has 3 atom stereocenters. The molecule has 6 nitrogen and oxygen atoms in total. The van der Waals surface area contributed by atoms with Gasteiger partial charge in [0, 0.05) is 64.2 Å². The lowest BCUT2D eigenvalue weighted by atomic mass is 10.1. The molecule has 1 aromatic rings. The van der Waals surface area contributed by atoms with E-state index in [1.807, 2.05) is 17.9 Å². The lowest BCUT2D eigenvalue weighted by Gasteiger charge is -2.38. The number of morpholine rings is 1. The van der Waals surface area contributed by atoms with Crippen molar-refractivity contribution >= 4 is 0 Å². The summed E-state index contributed by atoms with van der Waals surface area (Å²) in [5.74, 6) is 0. The van der Waals surface area contributed by atoms with Gasteiger partial charge in [0.05, 0.1) is 25.0 Å². The van der Waals surface area contributed by atoms with Crippen molar-refractivity contribution in [2.45, 2.75) is 37.6 Å². The van der Waals surface area contributed by atoms with E-state index in [0.29, 0.717) is 18.2 Å². The maximum atomic E-state index is 6.02. The second kappa shape index (κ2) is 6.28. The molecule has 0 radical (unpaired) electrons. The van der Waals surface area contributed by atoms with Gasteiger partial charge < -0.3 is 9.47 Å². The normalized spacial score (nSPS) is 33.4. The van der Waals surface area contributed by atoms with Crippen LogP contribution in [0.15, 0.2) is 12.4 Å². The Kier molecular flexibility index (Phi) is 4.17. The predicted octanol–water partition coefficient (Wildman–Crippen LogP) is 0.484. The van der Waals surface area contributed by atoms with Crippen LogP contribution in [0.5, 0.6) is 0 Å². The zero-order chi connectivity index (χ0) is 14.9. The molecule has 4 rings (SSSR count). The van der Waals surface area contributed by atoms with E-state index in [0.717, 1.165) is 45.9 Å². The molecule has 0 N–H and O–H groups in total. The molecular weight excluding hydrogens is 280 g/mol. The molecule has 1 aromatic heterocycles. The fourth-order valence-electron chi connectivity index (χ4n) is 4.05. The van der Waals surface area contributed by atoms with Gasteiger partial charge in [-0.25, -0.2) is 0 Å². The molecule has 3 aliphatic rings. The Morgan fingerprint density at radius 1 is 1.27 bits per heavy atom. The lowest BCUT2D eigenvalue weighted by Crippen LogP contribution is -2.52. The van der Waals surface area contributed by atoms with Gasteiger partial charge in [-0.3, -0.25) is 14.5 Å². The van der Waals surface area contributed by atoms with E-state index in [1.165, 1.54) is 18.4 Å². The molecule has 3 fully saturated rings. The molecule has 0 saturated carbocycles. The molecule has 0 amide bonds. The van der Waals surface area contributed by atoms with Crippen molar-refractivity contribution in [2.24, 2.45) is 7.05 Å². The monoisotopic (exact) mass is 306 g/mol. The van der Waals surface area contributed by atoms with E-state index in [1.54, 1.807) is 0 Å². The first kappa shape index (κ1) is 14.6. The molecule has 3 saturated heterocycles. The van der Waals surface area contributed by atoms with Crippen molar-refractivity contribution < 1.29 is 9.47 Å². The fraction of sp³-hybridized carbons (Fsp3) is 0.812. The molecule has 0 spiro atoms. The predicted molar refractivity (Wildman–Crippen MR) is 82.6 cm³/mol. The highest BCUT2D eigenvalue weighted by atomic mass is 16.5. The minimum atomic E-state index is 0.354. The van der Waals surface area contributed by atoms with Crippen LogP contribution in [0.2, 0.25) is 0 Å². The van der Waals surface area contributed by atoms with E-state index in [2.05, 4.69) is 21.1 Å². The fourth-order valence-corrected chi connectivity index (χ4v) is 4.05. The number of aryl methyl sites for hydroxylation is 1. The minimum Gasteiger partial charge on any atom is -0.377 e. The van der Waals surface area contributed by atoms with Crippen molar-refractivity contribution in [3.63, 3.8) is 0 Å². The first-order valence-electron chi connectivity index (χ1n) is 8.45. The van der Waals surface area contributed by atoms with E-state index in [4.69, 9.17) is 9.47 Å². The van der Waals surface area contributed by atoms with Crippen LogP contribution in [0.1, 0.15) is 18.4 Å². The maximum absolute atomic E-state index is 6.02. The Labute approximate surface area is 132 Å². The van der Waals surface area contributed by atoms with Gasteiger partial charge in [0.25, 0.3) is 0 Å². The average Bonchev–Trinajstić information content (AvgIpc) is 3.21. The average molecular weight is 306 g/mol. The Bertz CT molecular complexity index is 500. The van der Waals surface area contributed by atoms with Gasteiger partial charge in [-0.2, -0.15) is 5.10 Å². The van der Waals surface area contributed by atoms with Crippen LogP contribution in [0.25, 0.3) is 0 Å². The Morgan fingerprint density at radius 2 is 2.23 bits per heavy atom. The molecule has 0 unspecified atom stereocenters. The van der Waals surface area contributed by atoms with Gasteiger partial charge >= 0.3 is 0 Å². The molecule has 0 aliphatic carbocycles. The van der Waals surface area contributed by atoms with E-state index < -0.39 is 0 Å².